The minimum atomic E-state index is -4.87. The van der Waals surface area contributed by atoms with E-state index in [1.807, 2.05) is 19.1 Å². The molecule has 55 heavy (non-hydrogen) atoms. The number of ether oxygens (including phenoxy) is 2. The zero-order valence-electron chi connectivity index (χ0n) is 32.9. The minimum Gasteiger partial charge on any atom is -0.462 e. The van der Waals surface area contributed by atoms with Crippen molar-refractivity contribution < 1.29 is 53.3 Å². The Hall–Kier alpha value is -3.41. The average Bonchev–Trinajstić information content (AvgIpc) is 3.14. The van der Waals surface area contributed by atoms with Gasteiger partial charge in [-0.2, -0.15) is 0 Å². The zero-order chi connectivity index (χ0) is 40.8. The van der Waals surface area contributed by atoms with Crippen LogP contribution in [-0.2, 0) is 28.2 Å². The summed E-state index contributed by atoms with van der Waals surface area (Å²) >= 11 is 0. The van der Waals surface area contributed by atoms with Gasteiger partial charge in [0.05, 0.1) is 24.9 Å². The van der Waals surface area contributed by atoms with E-state index in [1.54, 1.807) is 42.5 Å². The minimum absolute atomic E-state index is 0.0763. The fourth-order valence-corrected chi connectivity index (χ4v) is 5.00. The number of hydrogen-bond donors (Lipinski definition) is 5. The standard InChI is InChI=1S/C43H67O11P/c1-3-5-7-8-9-10-11-12-13-14-15-16-17-18-19-24-28-34-42(47)52-36-39(37-53-55(49,50)51)54-43(48)35-29-33-41(46)40(45)32-27-23-21-20-22-26-31-38(44)30-25-6-4-2/h5-7,9-10,12-13,15-16,20-23,25-27,31-32,38-41,44-46H,3-4,8,11,14,17-19,24,28-30,33-37H2,1-2H3,(H2,49,50,51)/b7-5-,10-9-,13-12-,16-15-,22-20+,23-21-,25-6-,31-26+,32-27-/t38-,39+,40+,41+/m0/s1. The normalized spacial score (nSPS) is 15.4. The molecule has 0 aliphatic heterocycles. The summed E-state index contributed by atoms with van der Waals surface area (Å²) in [6.45, 7) is 3.04. The van der Waals surface area contributed by atoms with E-state index >= 15 is 0 Å². The molecule has 11 nitrogen and oxygen atoms in total. The number of phosphoric ester groups is 1. The average molecular weight is 791 g/mol. The van der Waals surface area contributed by atoms with Crippen molar-refractivity contribution in [2.45, 2.75) is 135 Å². The van der Waals surface area contributed by atoms with Gasteiger partial charge in [0.1, 0.15) is 6.61 Å². The molecular formula is C43H67O11P. The van der Waals surface area contributed by atoms with Crippen LogP contribution < -0.4 is 0 Å². The Labute approximate surface area is 329 Å². The molecule has 0 amide bonds. The third kappa shape index (κ3) is 37.3. The van der Waals surface area contributed by atoms with Gasteiger partial charge < -0.3 is 34.6 Å². The summed E-state index contributed by atoms with van der Waals surface area (Å²) in [4.78, 5) is 42.8. The van der Waals surface area contributed by atoms with Crippen molar-refractivity contribution in [1.82, 2.24) is 0 Å². The van der Waals surface area contributed by atoms with Gasteiger partial charge in [-0.25, -0.2) is 4.57 Å². The Kier molecular flexibility index (Phi) is 34.0. The number of phosphoric acid groups is 1. The van der Waals surface area contributed by atoms with Gasteiger partial charge in [0, 0.05) is 12.8 Å². The third-order valence-corrected chi connectivity index (χ3v) is 8.11. The van der Waals surface area contributed by atoms with Gasteiger partial charge in [-0.1, -0.05) is 136 Å². The van der Waals surface area contributed by atoms with Crippen LogP contribution in [0.1, 0.15) is 110 Å². The number of rotatable bonds is 33. The summed E-state index contributed by atoms with van der Waals surface area (Å²) in [6, 6.07) is 0. The highest BCUT2D eigenvalue weighted by atomic mass is 31.2. The first-order chi connectivity index (χ1) is 26.5. The lowest BCUT2D eigenvalue weighted by atomic mass is 10.1. The van der Waals surface area contributed by atoms with Gasteiger partial charge in [0.25, 0.3) is 0 Å². The molecule has 0 fully saturated rings. The van der Waals surface area contributed by atoms with Crippen molar-refractivity contribution in [3.63, 3.8) is 0 Å². The van der Waals surface area contributed by atoms with Gasteiger partial charge >= 0.3 is 19.8 Å². The highest BCUT2D eigenvalue weighted by Crippen LogP contribution is 2.36. The van der Waals surface area contributed by atoms with E-state index in [0.717, 1.165) is 57.8 Å². The van der Waals surface area contributed by atoms with Gasteiger partial charge in [-0.3, -0.25) is 14.1 Å². The molecule has 0 aliphatic carbocycles. The van der Waals surface area contributed by atoms with Gasteiger partial charge in [0.2, 0.25) is 0 Å². The van der Waals surface area contributed by atoms with Crippen LogP contribution in [-0.4, -0.2) is 74.7 Å². The van der Waals surface area contributed by atoms with Crippen LogP contribution in [0.4, 0.5) is 0 Å². The second-order valence-electron chi connectivity index (χ2n) is 12.7. The van der Waals surface area contributed by atoms with Crippen molar-refractivity contribution in [1.29, 1.82) is 0 Å². The maximum absolute atomic E-state index is 12.4. The predicted octanol–water partition coefficient (Wildman–Crippen LogP) is 8.53. The molecule has 0 aromatic carbocycles. The molecule has 12 heteroatoms. The highest BCUT2D eigenvalue weighted by Gasteiger charge is 2.23. The lowest BCUT2D eigenvalue weighted by molar-refractivity contribution is -0.161. The number of carbonyl (C=O) groups is 2. The van der Waals surface area contributed by atoms with Crippen LogP contribution in [0.25, 0.3) is 0 Å². The molecule has 0 radical (unpaired) electrons. The number of unbranched alkanes of at least 4 members (excludes halogenated alkanes) is 4. The maximum Gasteiger partial charge on any atom is 0.469 e. The molecular weight excluding hydrogens is 723 g/mol. The third-order valence-electron chi connectivity index (χ3n) is 7.63. The molecule has 0 heterocycles. The Morgan fingerprint density at radius 2 is 1.16 bits per heavy atom. The second-order valence-corrected chi connectivity index (χ2v) is 13.9. The Morgan fingerprint density at radius 3 is 1.80 bits per heavy atom. The van der Waals surface area contributed by atoms with E-state index in [9.17, 15) is 29.5 Å². The summed E-state index contributed by atoms with van der Waals surface area (Å²) in [5, 5.41) is 30.2. The Morgan fingerprint density at radius 1 is 0.618 bits per heavy atom. The number of allylic oxidation sites excluding steroid dienone is 15. The van der Waals surface area contributed by atoms with Crippen molar-refractivity contribution in [2.75, 3.05) is 13.2 Å². The summed E-state index contributed by atoms with van der Waals surface area (Å²) < 4.78 is 26.1. The second kappa shape index (κ2) is 36.2. The molecule has 0 unspecified atom stereocenters. The first-order valence-electron chi connectivity index (χ1n) is 19.5. The maximum atomic E-state index is 12.4. The highest BCUT2D eigenvalue weighted by molar-refractivity contribution is 7.46. The first kappa shape index (κ1) is 51.6. The topological polar surface area (TPSA) is 180 Å². The quantitative estimate of drug-likeness (QED) is 0.0141. The van der Waals surface area contributed by atoms with E-state index in [0.29, 0.717) is 12.8 Å². The first-order valence-corrected chi connectivity index (χ1v) is 21.0. The fourth-order valence-electron chi connectivity index (χ4n) is 4.64. The molecule has 0 bridgehead atoms. The number of carbonyl (C=O) groups excluding carboxylic acids is 2. The van der Waals surface area contributed by atoms with Crippen LogP contribution in [0.15, 0.2) is 109 Å². The zero-order valence-corrected chi connectivity index (χ0v) is 33.7. The Bertz CT molecular complexity index is 1300. The number of aliphatic hydroxyl groups is 3. The van der Waals surface area contributed by atoms with Crippen molar-refractivity contribution in [3.05, 3.63) is 109 Å². The van der Waals surface area contributed by atoms with Crippen LogP contribution in [0.3, 0.4) is 0 Å². The van der Waals surface area contributed by atoms with Crippen molar-refractivity contribution in [3.8, 4) is 0 Å². The van der Waals surface area contributed by atoms with E-state index < -0.39 is 57.4 Å². The lowest BCUT2D eigenvalue weighted by Crippen LogP contribution is -2.29. The molecule has 0 aliphatic rings. The molecule has 0 aromatic rings. The molecule has 0 saturated heterocycles. The van der Waals surface area contributed by atoms with Gasteiger partial charge in [0.15, 0.2) is 6.10 Å². The van der Waals surface area contributed by atoms with Crippen LogP contribution in [0, 0.1) is 0 Å². The number of hydrogen-bond acceptors (Lipinski definition) is 9. The summed E-state index contributed by atoms with van der Waals surface area (Å²) in [6.07, 6.45) is 40.4. The number of aliphatic hydroxyl groups excluding tert-OH is 3. The molecule has 0 rings (SSSR count). The predicted molar refractivity (Wildman–Crippen MR) is 220 cm³/mol. The Balaban J connectivity index is 4.37. The monoisotopic (exact) mass is 790 g/mol. The molecule has 4 atom stereocenters. The molecule has 0 spiro atoms. The van der Waals surface area contributed by atoms with E-state index in [4.69, 9.17) is 19.3 Å². The van der Waals surface area contributed by atoms with E-state index in [-0.39, 0.29) is 25.7 Å². The summed E-state index contributed by atoms with van der Waals surface area (Å²) in [5.74, 6) is -1.26. The molecule has 0 saturated carbocycles. The molecule has 0 aromatic heterocycles. The lowest BCUT2D eigenvalue weighted by Gasteiger charge is -2.19. The van der Waals surface area contributed by atoms with Crippen molar-refractivity contribution in [2.24, 2.45) is 0 Å². The van der Waals surface area contributed by atoms with Crippen LogP contribution >= 0.6 is 7.82 Å². The van der Waals surface area contributed by atoms with Crippen LogP contribution in [0.2, 0.25) is 0 Å². The van der Waals surface area contributed by atoms with Crippen LogP contribution in [0.5, 0.6) is 0 Å². The summed E-state index contributed by atoms with van der Waals surface area (Å²) in [7, 11) is -4.87. The molecule has 310 valence electrons. The van der Waals surface area contributed by atoms with Gasteiger partial charge in [-0.05, 0) is 70.6 Å². The van der Waals surface area contributed by atoms with Gasteiger partial charge in [-0.15, -0.1) is 0 Å². The summed E-state index contributed by atoms with van der Waals surface area (Å²) in [5.41, 5.74) is 0. The van der Waals surface area contributed by atoms with Crippen molar-refractivity contribution >= 4 is 19.8 Å². The fraction of sp³-hybridized carbons (Fsp3) is 0.535. The SMILES string of the molecule is CC/C=C\C/C=C\C/C=C\C/C=C\CCCCCCC(=O)OC[C@H](COP(=O)(O)O)OC(=O)CCC[C@@H](O)[C@H](O)\C=C/C=C\C=C\C=C\[C@@H](O)C/C=C\CC. The smallest absolute Gasteiger partial charge is 0.462 e. The largest absolute Gasteiger partial charge is 0.469 e. The molecule has 5 N–H and O–H groups in total. The van der Waals surface area contributed by atoms with E-state index in [2.05, 4.69) is 60.1 Å². The number of esters is 2. The van der Waals surface area contributed by atoms with E-state index in [1.165, 1.54) is 6.08 Å².